The molecule has 0 aliphatic heterocycles. The smallest absolute Gasteiger partial charge is 0.182 e. The van der Waals surface area contributed by atoms with E-state index in [-0.39, 0.29) is 6.29 Å². The first kappa shape index (κ1) is 12.4. The number of aliphatic hydroxyl groups is 4. The van der Waals surface area contributed by atoms with E-state index in [4.69, 9.17) is 20.4 Å². The SMILES string of the molecule is O=C[C@@H](OF)[C@H](O)[C@@H](O)[C@@H](O)CO. The molecule has 0 rings (SSSR count). The van der Waals surface area contributed by atoms with E-state index in [1.807, 2.05) is 0 Å². The van der Waals surface area contributed by atoms with Gasteiger partial charge in [0.1, 0.15) is 18.3 Å². The number of rotatable bonds is 6. The second kappa shape index (κ2) is 5.95. The van der Waals surface area contributed by atoms with Gasteiger partial charge in [-0.2, -0.15) is 4.94 Å². The highest BCUT2D eigenvalue weighted by atomic mass is 19.3. The molecule has 7 heteroatoms. The second-order valence-corrected chi connectivity index (χ2v) is 2.42. The highest BCUT2D eigenvalue weighted by molar-refractivity contribution is 5.57. The zero-order valence-electron chi connectivity index (χ0n) is 6.58. The van der Waals surface area contributed by atoms with Gasteiger partial charge in [-0.25, -0.2) is 0 Å². The summed E-state index contributed by atoms with van der Waals surface area (Å²) in [4.78, 5) is 13.0. The lowest BCUT2D eigenvalue weighted by Gasteiger charge is -2.22. The molecule has 0 amide bonds. The molecular formula is C6H11FO6. The summed E-state index contributed by atoms with van der Waals surface area (Å²) in [5, 5.41) is 35.0. The number of halogens is 1. The van der Waals surface area contributed by atoms with Crippen LogP contribution in [0.25, 0.3) is 0 Å². The highest BCUT2D eigenvalue weighted by Crippen LogP contribution is 2.06. The minimum atomic E-state index is -1.93. The molecule has 0 unspecified atom stereocenters. The molecule has 4 atom stereocenters. The molecule has 0 bridgehead atoms. The molecule has 0 heterocycles. The summed E-state index contributed by atoms with van der Waals surface area (Å²) in [5.74, 6) is 0. The lowest BCUT2D eigenvalue weighted by molar-refractivity contribution is -0.220. The quantitative estimate of drug-likeness (QED) is 0.352. The molecule has 0 radical (unpaired) electrons. The summed E-state index contributed by atoms with van der Waals surface area (Å²) in [6.07, 6.45) is -7.39. The fourth-order valence-electron chi connectivity index (χ4n) is 0.684. The van der Waals surface area contributed by atoms with Gasteiger partial charge in [0, 0.05) is 0 Å². The standard InChI is InChI=1S/C6H11FO6/c7-13-4(2-9)6(12)5(11)3(10)1-8/h2-6,8,10-12H,1H2/t3-,4+,5-,6-/m0/s1. The van der Waals surface area contributed by atoms with Crippen molar-refractivity contribution < 1.29 is 34.7 Å². The Balaban J connectivity index is 4.21. The van der Waals surface area contributed by atoms with Crippen molar-refractivity contribution in [2.24, 2.45) is 0 Å². The van der Waals surface area contributed by atoms with Crippen LogP contribution in [0, 0.1) is 0 Å². The Kier molecular flexibility index (Phi) is 5.67. The molecule has 13 heavy (non-hydrogen) atoms. The van der Waals surface area contributed by atoms with E-state index in [2.05, 4.69) is 4.94 Å². The average molecular weight is 198 g/mol. The van der Waals surface area contributed by atoms with Gasteiger partial charge < -0.3 is 25.2 Å². The molecule has 0 spiro atoms. The largest absolute Gasteiger partial charge is 0.394 e. The van der Waals surface area contributed by atoms with E-state index in [0.29, 0.717) is 0 Å². The van der Waals surface area contributed by atoms with Gasteiger partial charge in [-0.1, -0.05) is 0 Å². The Bertz CT molecular complexity index is 154. The summed E-state index contributed by atoms with van der Waals surface area (Å²) in [5.41, 5.74) is 0. The Morgan fingerprint density at radius 1 is 1.31 bits per heavy atom. The van der Waals surface area contributed by atoms with Gasteiger partial charge in [0.2, 0.25) is 0 Å². The molecule has 78 valence electrons. The molecular weight excluding hydrogens is 187 g/mol. The van der Waals surface area contributed by atoms with E-state index >= 15 is 0 Å². The molecule has 0 aromatic carbocycles. The summed E-state index contributed by atoms with van der Waals surface area (Å²) in [7, 11) is 0. The molecule has 0 saturated heterocycles. The van der Waals surface area contributed by atoms with Crippen molar-refractivity contribution in [1.82, 2.24) is 0 Å². The Labute approximate surface area is 73.1 Å². The van der Waals surface area contributed by atoms with Crippen LogP contribution >= 0.6 is 0 Å². The zero-order valence-corrected chi connectivity index (χ0v) is 6.58. The van der Waals surface area contributed by atoms with Crippen molar-refractivity contribution in [2.45, 2.75) is 24.4 Å². The van der Waals surface area contributed by atoms with Crippen molar-refractivity contribution in [3.63, 3.8) is 0 Å². The number of hydrogen-bond acceptors (Lipinski definition) is 6. The topological polar surface area (TPSA) is 107 Å². The maximum Gasteiger partial charge on any atom is 0.182 e. The van der Waals surface area contributed by atoms with Gasteiger partial charge in [0.25, 0.3) is 0 Å². The monoisotopic (exact) mass is 198 g/mol. The summed E-state index contributed by atoms with van der Waals surface area (Å²) >= 11 is 0. The van der Waals surface area contributed by atoms with Gasteiger partial charge in [0.05, 0.1) is 6.61 Å². The first-order valence-electron chi connectivity index (χ1n) is 3.46. The average Bonchev–Trinajstić information content (AvgIpc) is 2.17. The molecule has 0 saturated carbocycles. The molecule has 6 nitrogen and oxygen atoms in total. The van der Waals surface area contributed by atoms with E-state index < -0.39 is 31.0 Å². The predicted octanol–water partition coefficient (Wildman–Crippen LogP) is -2.47. The fraction of sp³-hybridized carbons (Fsp3) is 0.833. The predicted molar refractivity (Wildman–Crippen MR) is 37.2 cm³/mol. The first-order valence-corrected chi connectivity index (χ1v) is 3.46. The van der Waals surface area contributed by atoms with Crippen LogP contribution in [0.1, 0.15) is 0 Å². The number of hydrogen-bond donors (Lipinski definition) is 4. The Morgan fingerprint density at radius 3 is 2.15 bits per heavy atom. The summed E-state index contributed by atoms with van der Waals surface area (Å²) < 4.78 is 11.5. The second-order valence-electron chi connectivity index (χ2n) is 2.42. The van der Waals surface area contributed by atoms with Gasteiger partial charge in [-0.05, 0) is 4.53 Å². The maximum atomic E-state index is 11.5. The summed E-state index contributed by atoms with van der Waals surface area (Å²) in [6.45, 7) is -0.823. The van der Waals surface area contributed by atoms with Crippen molar-refractivity contribution in [1.29, 1.82) is 0 Å². The van der Waals surface area contributed by atoms with Crippen LogP contribution in [0.5, 0.6) is 0 Å². The minimum absolute atomic E-state index is 0.0714. The van der Waals surface area contributed by atoms with Gasteiger partial charge in [0.15, 0.2) is 12.4 Å². The Hall–Kier alpha value is -0.600. The molecule has 0 aliphatic carbocycles. The van der Waals surface area contributed by atoms with Crippen molar-refractivity contribution in [3.8, 4) is 0 Å². The fourth-order valence-corrected chi connectivity index (χ4v) is 0.684. The van der Waals surface area contributed by atoms with Gasteiger partial charge >= 0.3 is 0 Å². The van der Waals surface area contributed by atoms with Crippen molar-refractivity contribution >= 4 is 6.29 Å². The van der Waals surface area contributed by atoms with Crippen LogP contribution in [-0.2, 0) is 9.74 Å². The van der Waals surface area contributed by atoms with Crippen LogP contribution in [-0.4, -0.2) is 57.7 Å². The van der Waals surface area contributed by atoms with Crippen LogP contribution in [0.3, 0.4) is 0 Å². The van der Waals surface area contributed by atoms with Crippen LogP contribution in [0.4, 0.5) is 4.53 Å². The molecule has 0 aliphatic rings. The van der Waals surface area contributed by atoms with E-state index in [9.17, 15) is 9.32 Å². The summed E-state index contributed by atoms with van der Waals surface area (Å²) in [6, 6.07) is 0. The van der Waals surface area contributed by atoms with E-state index in [1.165, 1.54) is 0 Å². The lowest BCUT2D eigenvalue weighted by atomic mass is 10.0. The number of aliphatic hydroxyl groups excluding tert-OH is 4. The number of carbonyl (C=O) groups is 1. The van der Waals surface area contributed by atoms with Crippen LogP contribution in [0.15, 0.2) is 0 Å². The maximum absolute atomic E-state index is 11.5. The molecule has 0 aromatic rings. The Morgan fingerprint density at radius 2 is 1.85 bits per heavy atom. The van der Waals surface area contributed by atoms with E-state index in [0.717, 1.165) is 0 Å². The molecule has 0 fully saturated rings. The van der Waals surface area contributed by atoms with Crippen molar-refractivity contribution in [2.75, 3.05) is 6.61 Å². The van der Waals surface area contributed by atoms with Crippen LogP contribution in [0.2, 0.25) is 0 Å². The van der Waals surface area contributed by atoms with Gasteiger partial charge in [-0.15, -0.1) is 0 Å². The molecule has 4 N–H and O–H groups in total. The van der Waals surface area contributed by atoms with Gasteiger partial charge in [-0.3, -0.25) is 0 Å². The zero-order chi connectivity index (χ0) is 10.4. The van der Waals surface area contributed by atoms with Crippen LogP contribution < -0.4 is 0 Å². The number of aldehydes is 1. The minimum Gasteiger partial charge on any atom is -0.394 e. The third-order valence-electron chi connectivity index (χ3n) is 1.50. The number of carbonyl (C=O) groups excluding carboxylic acids is 1. The van der Waals surface area contributed by atoms with Crippen molar-refractivity contribution in [3.05, 3.63) is 0 Å². The third kappa shape index (κ3) is 3.33. The third-order valence-corrected chi connectivity index (χ3v) is 1.50. The highest BCUT2D eigenvalue weighted by Gasteiger charge is 2.32. The normalized spacial score (nSPS) is 20.4. The molecule has 0 aromatic heterocycles. The first-order chi connectivity index (χ1) is 6.08. The lowest BCUT2D eigenvalue weighted by Crippen LogP contribution is -2.46. The van der Waals surface area contributed by atoms with E-state index in [1.54, 1.807) is 0 Å².